The third-order valence-electron chi connectivity index (χ3n) is 2.66. The standard InChI is InChI=1S/C14H11BrClNO2/c1-8-6-10(3-4-11(8)14(18)19)17-13-7-9(15)2-5-12(13)16/h2-7,17H,1H3,(H,18,19). The maximum absolute atomic E-state index is 10.9. The normalized spacial score (nSPS) is 10.3. The van der Waals surface area contributed by atoms with E-state index in [9.17, 15) is 4.79 Å². The van der Waals surface area contributed by atoms with Crippen LogP contribution in [0.25, 0.3) is 0 Å². The van der Waals surface area contributed by atoms with Crippen molar-refractivity contribution in [1.29, 1.82) is 0 Å². The number of carboxylic acid groups (broad SMARTS) is 1. The van der Waals surface area contributed by atoms with E-state index >= 15 is 0 Å². The number of benzene rings is 2. The van der Waals surface area contributed by atoms with Crippen molar-refractivity contribution in [2.45, 2.75) is 6.92 Å². The highest BCUT2D eigenvalue weighted by atomic mass is 79.9. The Morgan fingerprint density at radius 2 is 2.00 bits per heavy atom. The van der Waals surface area contributed by atoms with E-state index in [1.165, 1.54) is 0 Å². The second-order valence-electron chi connectivity index (χ2n) is 4.08. The molecule has 0 saturated carbocycles. The molecule has 0 saturated heterocycles. The molecule has 2 aromatic rings. The minimum atomic E-state index is -0.926. The van der Waals surface area contributed by atoms with Gasteiger partial charge in [0.15, 0.2) is 0 Å². The minimum Gasteiger partial charge on any atom is -0.478 e. The van der Waals surface area contributed by atoms with Gasteiger partial charge >= 0.3 is 5.97 Å². The van der Waals surface area contributed by atoms with Gasteiger partial charge in [-0.15, -0.1) is 0 Å². The number of aromatic carboxylic acids is 1. The van der Waals surface area contributed by atoms with E-state index in [-0.39, 0.29) is 0 Å². The molecule has 5 heteroatoms. The van der Waals surface area contributed by atoms with Crippen molar-refractivity contribution < 1.29 is 9.90 Å². The molecule has 98 valence electrons. The molecule has 0 amide bonds. The summed E-state index contributed by atoms with van der Waals surface area (Å²) >= 11 is 9.47. The summed E-state index contributed by atoms with van der Waals surface area (Å²) in [4.78, 5) is 10.9. The van der Waals surface area contributed by atoms with Crippen LogP contribution in [0.3, 0.4) is 0 Å². The number of rotatable bonds is 3. The van der Waals surface area contributed by atoms with Gasteiger partial charge in [0.25, 0.3) is 0 Å². The summed E-state index contributed by atoms with van der Waals surface area (Å²) in [7, 11) is 0. The summed E-state index contributed by atoms with van der Waals surface area (Å²) in [5, 5.41) is 12.7. The van der Waals surface area contributed by atoms with E-state index in [4.69, 9.17) is 16.7 Å². The largest absolute Gasteiger partial charge is 0.478 e. The summed E-state index contributed by atoms with van der Waals surface area (Å²) in [6.07, 6.45) is 0. The van der Waals surface area contributed by atoms with Crippen LogP contribution in [-0.2, 0) is 0 Å². The molecule has 2 rings (SSSR count). The molecular formula is C14H11BrClNO2. The molecule has 0 spiro atoms. The molecule has 0 radical (unpaired) electrons. The molecule has 3 nitrogen and oxygen atoms in total. The highest BCUT2D eigenvalue weighted by Crippen LogP contribution is 2.29. The molecular weight excluding hydrogens is 330 g/mol. The molecule has 0 atom stereocenters. The van der Waals surface area contributed by atoms with Crippen LogP contribution in [-0.4, -0.2) is 11.1 Å². The number of hydrogen-bond donors (Lipinski definition) is 2. The lowest BCUT2D eigenvalue weighted by Crippen LogP contribution is -2.00. The molecule has 0 heterocycles. The smallest absolute Gasteiger partial charge is 0.335 e. The van der Waals surface area contributed by atoms with E-state index in [1.807, 2.05) is 12.1 Å². The van der Waals surface area contributed by atoms with Crippen molar-refractivity contribution in [2.75, 3.05) is 5.32 Å². The summed E-state index contributed by atoms with van der Waals surface area (Å²) in [5.41, 5.74) is 2.55. The lowest BCUT2D eigenvalue weighted by Gasteiger charge is -2.10. The summed E-state index contributed by atoms with van der Waals surface area (Å²) in [6.45, 7) is 1.76. The number of hydrogen-bond acceptors (Lipinski definition) is 2. The van der Waals surface area contributed by atoms with Gasteiger partial charge in [-0.05, 0) is 48.9 Å². The Bertz CT molecular complexity index is 643. The molecule has 19 heavy (non-hydrogen) atoms. The predicted molar refractivity (Wildman–Crippen MR) is 80.6 cm³/mol. The molecule has 2 aromatic carbocycles. The summed E-state index contributed by atoms with van der Waals surface area (Å²) in [6, 6.07) is 10.6. The molecule has 0 aliphatic carbocycles. The van der Waals surface area contributed by atoms with Gasteiger partial charge in [0.2, 0.25) is 0 Å². The Hall–Kier alpha value is -1.52. The van der Waals surface area contributed by atoms with Gasteiger partial charge in [-0.2, -0.15) is 0 Å². The number of halogens is 2. The van der Waals surface area contributed by atoms with Crippen LogP contribution in [0.4, 0.5) is 11.4 Å². The van der Waals surface area contributed by atoms with Crippen LogP contribution >= 0.6 is 27.5 Å². The van der Waals surface area contributed by atoms with Crippen molar-refractivity contribution in [1.82, 2.24) is 0 Å². The number of aryl methyl sites for hydroxylation is 1. The average Bonchev–Trinajstić information content (AvgIpc) is 2.33. The van der Waals surface area contributed by atoms with Gasteiger partial charge in [0.05, 0.1) is 16.3 Å². The number of nitrogens with one attached hydrogen (secondary N) is 1. The fraction of sp³-hybridized carbons (Fsp3) is 0.0714. The van der Waals surface area contributed by atoms with Gasteiger partial charge in [0.1, 0.15) is 0 Å². The topological polar surface area (TPSA) is 49.3 Å². The van der Waals surface area contributed by atoms with E-state index in [1.54, 1.807) is 31.2 Å². The third-order valence-corrected chi connectivity index (χ3v) is 3.49. The molecule has 0 bridgehead atoms. The Morgan fingerprint density at radius 1 is 1.26 bits per heavy atom. The average molecular weight is 341 g/mol. The van der Waals surface area contributed by atoms with Crippen LogP contribution in [0.1, 0.15) is 15.9 Å². The molecule has 0 aliphatic heterocycles. The number of carboxylic acids is 1. The quantitative estimate of drug-likeness (QED) is 0.839. The van der Waals surface area contributed by atoms with Crippen molar-refractivity contribution in [2.24, 2.45) is 0 Å². The van der Waals surface area contributed by atoms with Gasteiger partial charge in [-0.25, -0.2) is 4.79 Å². The van der Waals surface area contributed by atoms with Crippen LogP contribution in [0.5, 0.6) is 0 Å². The SMILES string of the molecule is Cc1cc(Nc2cc(Br)ccc2Cl)ccc1C(=O)O. The minimum absolute atomic E-state index is 0.297. The first-order valence-electron chi connectivity index (χ1n) is 5.53. The van der Waals surface area contributed by atoms with Gasteiger partial charge in [-0.1, -0.05) is 27.5 Å². The highest BCUT2D eigenvalue weighted by Gasteiger charge is 2.08. The first-order valence-corrected chi connectivity index (χ1v) is 6.70. The Kier molecular flexibility index (Phi) is 4.12. The number of anilines is 2. The highest BCUT2D eigenvalue weighted by molar-refractivity contribution is 9.10. The molecule has 0 aliphatic rings. The first-order chi connectivity index (χ1) is 8.97. The lowest BCUT2D eigenvalue weighted by molar-refractivity contribution is 0.0696. The van der Waals surface area contributed by atoms with Crippen LogP contribution in [0.2, 0.25) is 5.02 Å². The van der Waals surface area contributed by atoms with Crippen molar-refractivity contribution in [3.63, 3.8) is 0 Å². The van der Waals surface area contributed by atoms with Crippen LogP contribution < -0.4 is 5.32 Å². The van der Waals surface area contributed by atoms with Crippen LogP contribution in [0, 0.1) is 6.92 Å². The maximum Gasteiger partial charge on any atom is 0.335 e. The Balaban J connectivity index is 2.31. The molecule has 2 N–H and O–H groups in total. The molecule has 0 unspecified atom stereocenters. The first kappa shape index (κ1) is 13.9. The van der Waals surface area contributed by atoms with E-state index < -0.39 is 5.97 Å². The lowest BCUT2D eigenvalue weighted by atomic mass is 10.1. The molecule has 0 aromatic heterocycles. The zero-order valence-electron chi connectivity index (χ0n) is 10.1. The second kappa shape index (κ2) is 5.63. The monoisotopic (exact) mass is 339 g/mol. The van der Waals surface area contributed by atoms with E-state index in [2.05, 4.69) is 21.2 Å². The third kappa shape index (κ3) is 3.28. The van der Waals surface area contributed by atoms with Crippen molar-refractivity contribution >= 4 is 44.9 Å². The van der Waals surface area contributed by atoms with Gasteiger partial charge in [-0.3, -0.25) is 0 Å². The second-order valence-corrected chi connectivity index (χ2v) is 5.41. The fourth-order valence-electron chi connectivity index (χ4n) is 1.73. The fourth-order valence-corrected chi connectivity index (χ4v) is 2.26. The molecule has 0 fully saturated rings. The van der Waals surface area contributed by atoms with Gasteiger partial charge < -0.3 is 10.4 Å². The summed E-state index contributed by atoms with van der Waals surface area (Å²) in [5.74, 6) is -0.926. The van der Waals surface area contributed by atoms with E-state index in [0.29, 0.717) is 16.1 Å². The maximum atomic E-state index is 10.9. The van der Waals surface area contributed by atoms with Crippen molar-refractivity contribution in [3.8, 4) is 0 Å². The predicted octanol–water partition coefficient (Wildman–Crippen LogP) is 4.85. The number of carbonyl (C=O) groups is 1. The van der Waals surface area contributed by atoms with E-state index in [0.717, 1.165) is 15.8 Å². The Labute approximate surface area is 124 Å². The zero-order valence-corrected chi connectivity index (χ0v) is 12.4. The van der Waals surface area contributed by atoms with Crippen LogP contribution in [0.15, 0.2) is 40.9 Å². The van der Waals surface area contributed by atoms with Gasteiger partial charge in [0, 0.05) is 10.2 Å². The zero-order chi connectivity index (χ0) is 14.0. The summed E-state index contributed by atoms with van der Waals surface area (Å²) < 4.78 is 0.915. The Morgan fingerprint density at radius 3 is 2.63 bits per heavy atom. The van der Waals surface area contributed by atoms with Crippen molar-refractivity contribution in [3.05, 3.63) is 57.0 Å².